The highest BCUT2D eigenvalue weighted by Crippen LogP contribution is 2.30. The second-order valence-electron chi connectivity index (χ2n) is 7.64. The van der Waals surface area contributed by atoms with E-state index in [2.05, 4.69) is 30.0 Å². The molecular formula is C21H21BrN4O5S2. The number of aromatic nitrogens is 2. The van der Waals surface area contributed by atoms with Crippen LogP contribution in [-0.4, -0.2) is 52.5 Å². The quantitative estimate of drug-likeness (QED) is 0.465. The van der Waals surface area contributed by atoms with Crippen LogP contribution in [-0.2, 0) is 24.3 Å². The molecule has 2 aromatic carbocycles. The zero-order valence-corrected chi connectivity index (χ0v) is 20.9. The maximum atomic E-state index is 13.4. The van der Waals surface area contributed by atoms with Gasteiger partial charge in [-0.2, -0.15) is 13.1 Å². The number of carbonyl (C=O) groups is 2. The number of anilines is 1. The molecule has 1 N–H and O–H groups in total. The van der Waals surface area contributed by atoms with Gasteiger partial charge in [-0.1, -0.05) is 22.0 Å². The maximum absolute atomic E-state index is 13.4. The van der Waals surface area contributed by atoms with Gasteiger partial charge in [0.05, 0.1) is 11.7 Å². The van der Waals surface area contributed by atoms with Crippen LogP contribution >= 0.6 is 27.7 Å². The lowest BCUT2D eigenvalue weighted by Gasteiger charge is -2.32. The highest BCUT2D eigenvalue weighted by molar-refractivity contribution is 9.10. The van der Waals surface area contributed by atoms with Crippen molar-refractivity contribution in [3.63, 3.8) is 0 Å². The number of rotatable bonds is 6. The minimum absolute atomic E-state index is 0.0109. The number of piperidine rings is 1. The summed E-state index contributed by atoms with van der Waals surface area (Å²) >= 11 is 4.32. The number of nitrogens with zero attached hydrogens (tertiary/aromatic N) is 3. The van der Waals surface area contributed by atoms with Crippen molar-refractivity contribution in [3.8, 4) is 0 Å². The Labute approximate surface area is 203 Å². The fourth-order valence-corrected chi connectivity index (χ4v) is 6.34. The number of fused-ring (bicyclic) bond motifs is 1. The van der Waals surface area contributed by atoms with Gasteiger partial charge in [-0.05, 0) is 62.1 Å². The number of hydrogen-bond acceptors (Lipinski definition) is 8. The van der Waals surface area contributed by atoms with Crippen LogP contribution in [0.25, 0.3) is 11.0 Å². The molecule has 1 atom stereocenters. The Balaban J connectivity index is 1.46. The first-order valence-electron chi connectivity index (χ1n) is 10.2. The summed E-state index contributed by atoms with van der Waals surface area (Å²) in [5.74, 6) is -1.25. The lowest BCUT2D eigenvalue weighted by Crippen LogP contribution is -2.48. The van der Waals surface area contributed by atoms with Crippen molar-refractivity contribution in [2.45, 2.75) is 37.1 Å². The molecule has 0 aliphatic carbocycles. The van der Waals surface area contributed by atoms with E-state index in [1.54, 1.807) is 30.3 Å². The number of nitrogens with one attached hydrogen (secondary N) is 1. The third kappa shape index (κ3) is 5.08. The molecule has 33 heavy (non-hydrogen) atoms. The zero-order chi connectivity index (χ0) is 23.6. The summed E-state index contributed by atoms with van der Waals surface area (Å²) in [6.07, 6.45) is 1.62. The van der Waals surface area contributed by atoms with Crippen LogP contribution < -0.4 is 5.32 Å². The predicted octanol–water partition coefficient (Wildman–Crippen LogP) is 3.49. The summed E-state index contributed by atoms with van der Waals surface area (Å²) in [4.78, 5) is 25.1. The smallest absolute Gasteiger partial charge is 0.324 e. The molecule has 1 amide bonds. The summed E-state index contributed by atoms with van der Waals surface area (Å²) in [6.45, 7) is 1.56. The first-order chi connectivity index (χ1) is 15.8. The number of benzene rings is 2. The number of aryl methyl sites for hydroxylation is 1. The number of amides is 1. The van der Waals surface area contributed by atoms with E-state index in [0.717, 1.165) is 26.1 Å². The van der Waals surface area contributed by atoms with Crippen molar-refractivity contribution < 1.29 is 22.7 Å². The van der Waals surface area contributed by atoms with Gasteiger partial charge >= 0.3 is 5.97 Å². The molecule has 3 aromatic rings. The van der Waals surface area contributed by atoms with E-state index in [9.17, 15) is 18.0 Å². The Morgan fingerprint density at radius 1 is 1.24 bits per heavy atom. The van der Waals surface area contributed by atoms with Gasteiger partial charge in [0, 0.05) is 16.7 Å². The number of halogens is 1. The van der Waals surface area contributed by atoms with Crippen LogP contribution in [0.1, 0.15) is 24.8 Å². The normalized spacial score (nSPS) is 17.1. The number of hydrogen-bond donors (Lipinski definition) is 1. The third-order valence-electron chi connectivity index (χ3n) is 5.35. The minimum atomic E-state index is -4.02. The zero-order valence-electron chi connectivity index (χ0n) is 17.7. The van der Waals surface area contributed by atoms with Gasteiger partial charge in [-0.15, -0.1) is 0 Å². The number of ether oxygens (including phenoxy) is 1. The van der Waals surface area contributed by atoms with E-state index >= 15 is 0 Å². The van der Waals surface area contributed by atoms with Gasteiger partial charge in [0.15, 0.2) is 6.61 Å². The van der Waals surface area contributed by atoms with E-state index in [1.165, 1.54) is 6.07 Å². The molecule has 0 bridgehead atoms. The Hall–Kier alpha value is -2.41. The summed E-state index contributed by atoms with van der Waals surface area (Å²) in [7, 11) is -4.02. The van der Waals surface area contributed by atoms with E-state index in [-0.39, 0.29) is 17.0 Å². The van der Waals surface area contributed by atoms with E-state index < -0.39 is 34.5 Å². The van der Waals surface area contributed by atoms with Crippen molar-refractivity contribution in [2.75, 3.05) is 18.5 Å². The number of carbonyl (C=O) groups excluding carboxylic acids is 2. The van der Waals surface area contributed by atoms with E-state index in [0.29, 0.717) is 30.5 Å². The second kappa shape index (κ2) is 9.84. The first-order valence-corrected chi connectivity index (χ1v) is 13.2. The molecule has 9 nitrogen and oxygen atoms in total. The van der Waals surface area contributed by atoms with Crippen LogP contribution in [0.15, 0.2) is 45.8 Å². The molecule has 0 radical (unpaired) electrons. The molecular weight excluding hydrogens is 532 g/mol. The highest BCUT2D eigenvalue weighted by atomic mass is 79.9. The first kappa shape index (κ1) is 23.7. The van der Waals surface area contributed by atoms with Crippen LogP contribution in [0.2, 0.25) is 0 Å². The van der Waals surface area contributed by atoms with Gasteiger partial charge < -0.3 is 10.1 Å². The molecule has 0 spiro atoms. The van der Waals surface area contributed by atoms with E-state index in [1.807, 2.05) is 6.92 Å². The molecule has 4 rings (SSSR count). The van der Waals surface area contributed by atoms with Gasteiger partial charge in [-0.3, -0.25) is 9.59 Å². The molecule has 1 unspecified atom stereocenters. The lowest BCUT2D eigenvalue weighted by molar-refractivity contribution is -0.152. The van der Waals surface area contributed by atoms with Crippen molar-refractivity contribution in [3.05, 3.63) is 46.4 Å². The lowest BCUT2D eigenvalue weighted by atomic mass is 10.1. The van der Waals surface area contributed by atoms with Gasteiger partial charge in [0.1, 0.15) is 22.0 Å². The summed E-state index contributed by atoms with van der Waals surface area (Å²) in [6, 6.07) is 9.05. The maximum Gasteiger partial charge on any atom is 0.324 e. The molecule has 1 aliphatic rings. The molecule has 1 saturated heterocycles. The molecule has 1 fully saturated rings. The Morgan fingerprint density at radius 2 is 2.06 bits per heavy atom. The van der Waals surface area contributed by atoms with Crippen molar-refractivity contribution in [2.24, 2.45) is 0 Å². The number of sulfonamides is 1. The van der Waals surface area contributed by atoms with Crippen LogP contribution in [0, 0.1) is 6.92 Å². The number of esters is 1. The Kier molecular flexibility index (Phi) is 7.07. The van der Waals surface area contributed by atoms with Crippen molar-refractivity contribution in [1.82, 2.24) is 13.1 Å². The van der Waals surface area contributed by atoms with Crippen LogP contribution in [0.3, 0.4) is 0 Å². The third-order valence-corrected chi connectivity index (χ3v) is 8.72. The summed E-state index contributed by atoms with van der Waals surface area (Å²) in [5, 5.41) is 2.67. The standard InChI is InChI=1S/C21H21BrN4O5S2/c1-13-11-14(8-9-15(13)22)23-19(27)12-31-21(28)17-6-2-3-10-26(17)33(29,30)18-7-4-5-16-20(18)25-32-24-16/h4-5,7-9,11,17H,2-3,6,10,12H2,1H3,(H,23,27). The molecule has 1 aliphatic heterocycles. The van der Waals surface area contributed by atoms with Crippen molar-refractivity contribution in [1.29, 1.82) is 0 Å². The van der Waals surface area contributed by atoms with Crippen LogP contribution in [0.5, 0.6) is 0 Å². The minimum Gasteiger partial charge on any atom is -0.454 e. The van der Waals surface area contributed by atoms with E-state index in [4.69, 9.17) is 4.74 Å². The molecule has 1 aromatic heterocycles. The predicted molar refractivity (Wildman–Crippen MR) is 127 cm³/mol. The Bertz CT molecular complexity index is 1310. The largest absolute Gasteiger partial charge is 0.454 e. The summed E-state index contributed by atoms with van der Waals surface area (Å²) < 4.78 is 42.3. The molecule has 2 heterocycles. The fraction of sp³-hybridized carbons (Fsp3) is 0.333. The highest BCUT2D eigenvalue weighted by Gasteiger charge is 2.39. The monoisotopic (exact) mass is 552 g/mol. The van der Waals surface area contributed by atoms with Gasteiger partial charge in [-0.25, -0.2) is 8.42 Å². The Morgan fingerprint density at radius 3 is 2.85 bits per heavy atom. The molecule has 12 heteroatoms. The molecule has 0 saturated carbocycles. The van der Waals surface area contributed by atoms with Gasteiger partial charge in [0.25, 0.3) is 5.91 Å². The fourth-order valence-electron chi connectivity index (χ4n) is 3.70. The van der Waals surface area contributed by atoms with Crippen LogP contribution in [0.4, 0.5) is 5.69 Å². The average molecular weight is 553 g/mol. The SMILES string of the molecule is Cc1cc(NC(=O)COC(=O)C2CCCCN2S(=O)(=O)c2cccc3nsnc23)ccc1Br. The molecule has 174 valence electrons. The topological polar surface area (TPSA) is 119 Å². The van der Waals surface area contributed by atoms with Crippen molar-refractivity contribution >= 4 is 66.3 Å². The second-order valence-corrected chi connectivity index (χ2v) is 10.9. The van der Waals surface area contributed by atoms with Gasteiger partial charge in [0.2, 0.25) is 10.0 Å². The average Bonchev–Trinajstić information content (AvgIpc) is 3.29. The summed E-state index contributed by atoms with van der Waals surface area (Å²) in [5.41, 5.74) is 2.28.